The Labute approximate surface area is 338 Å². The third-order valence-corrected chi connectivity index (χ3v) is 11.9. The number of sulfonamides is 1. The van der Waals surface area contributed by atoms with Crippen molar-refractivity contribution in [1.82, 2.24) is 4.98 Å². The molecular formula is C45H47F2N3O5S2. The fraction of sp³-hybridized carbons (Fsp3) is 0.267. The van der Waals surface area contributed by atoms with E-state index >= 15 is 8.78 Å². The lowest BCUT2D eigenvalue weighted by Gasteiger charge is -2.26. The highest BCUT2D eigenvalue weighted by Gasteiger charge is 2.25. The molecule has 8 nitrogen and oxygen atoms in total. The summed E-state index contributed by atoms with van der Waals surface area (Å²) in [5, 5.41) is 0.0707. The number of halogens is 2. The van der Waals surface area contributed by atoms with Crippen LogP contribution in [-0.2, 0) is 23.1 Å². The van der Waals surface area contributed by atoms with E-state index in [1.54, 1.807) is 25.2 Å². The molecule has 0 aliphatic rings. The Hall–Kier alpha value is -5.46. The molecule has 0 amide bonds. The molecule has 0 fully saturated rings. The van der Waals surface area contributed by atoms with Crippen LogP contribution >= 0.6 is 11.3 Å². The molecule has 0 radical (unpaired) electrons. The number of ether oxygens (including phenoxy) is 3. The summed E-state index contributed by atoms with van der Waals surface area (Å²) in [7, 11) is -1.14. The third kappa shape index (κ3) is 10.3. The average Bonchev–Trinajstić information content (AvgIpc) is 3.56. The van der Waals surface area contributed by atoms with Crippen molar-refractivity contribution in [1.29, 1.82) is 0 Å². The quantitative estimate of drug-likeness (QED) is 0.110. The Balaban J connectivity index is 1.37. The molecule has 0 saturated carbocycles. The SMILES string of the molecule is COc1ccc(CN(Cc2ccc(OC)cc2)c2cc(S(=O)(=O)Nc3nc(-c4c(C)cccc4C)c(-c4cc(F)cc(OCCC(C)(C)C)c4)s3)ccc2F)cc1. The van der Waals surface area contributed by atoms with Gasteiger partial charge in [-0.1, -0.05) is 74.6 Å². The fourth-order valence-corrected chi connectivity index (χ4v) is 8.59. The molecule has 0 unspecified atom stereocenters. The van der Waals surface area contributed by atoms with Gasteiger partial charge in [0.1, 0.15) is 28.9 Å². The number of aryl methyl sites for hydroxylation is 2. The standard InChI is InChI=1S/C45H47F2N3O5S2/c1-29-9-8-10-30(2)41(29)42-43(33-23-34(46)25-37(24-33)55-22-21-45(3,4)5)56-44(48-42)49-57(51,52)38-19-20-39(47)40(26-38)50(27-31-11-15-35(53-6)16-12-31)28-32-13-17-36(54-7)18-14-32/h8-20,23-26H,21-22,27-28H2,1-7H3,(H,48,49). The van der Waals surface area contributed by atoms with Crippen LogP contribution in [0.5, 0.6) is 17.2 Å². The monoisotopic (exact) mass is 811 g/mol. The van der Waals surface area contributed by atoms with Gasteiger partial charge in [0, 0.05) is 30.3 Å². The molecule has 5 aromatic carbocycles. The minimum absolute atomic E-state index is 0.0338. The maximum Gasteiger partial charge on any atom is 0.263 e. The Morgan fingerprint density at radius 2 is 1.37 bits per heavy atom. The minimum Gasteiger partial charge on any atom is -0.497 e. The van der Waals surface area contributed by atoms with Gasteiger partial charge >= 0.3 is 0 Å². The lowest BCUT2D eigenvalue weighted by Crippen LogP contribution is -2.24. The molecule has 12 heteroatoms. The van der Waals surface area contributed by atoms with Crippen molar-refractivity contribution >= 4 is 32.2 Å². The van der Waals surface area contributed by atoms with E-state index in [-0.39, 0.29) is 34.2 Å². The molecule has 1 N–H and O–H groups in total. The molecule has 6 aromatic rings. The number of thiazole rings is 1. The smallest absolute Gasteiger partial charge is 0.263 e. The molecule has 298 valence electrons. The second kappa shape index (κ2) is 17.4. The number of benzene rings is 5. The molecule has 0 aliphatic carbocycles. The molecule has 0 atom stereocenters. The van der Waals surface area contributed by atoms with Crippen molar-refractivity contribution < 1.29 is 31.4 Å². The van der Waals surface area contributed by atoms with E-state index in [0.29, 0.717) is 40.0 Å². The van der Waals surface area contributed by atoms with Crippen LogP contribution in [0.1, 0.15) is 49.4 Å². The van der Waals surface area contributed by atoms with Crippen molar-refractivity contribution in [3.05, 3.63) is 137 Å². The zero-order valence-corrected chi connectivity index (χ0v) is 34.8. The summed E-state index contributed by atoms with van der Waals surface area (Å²) < 4.78 is 78.7. The number of hydrogen-bond donors (Lipinski definition) is 1. The molecule has 0 saturated heterocycles. The molecule has 0 aliphatic heterocycles. The highest BCUT2D eigenvalue weighted by molar-refractivity contribution is 7.93. The lowest BCUT2D eigenvalue weighted by atomic mass is 9.93. The summed E-state index contributed by atoms with van der Waals surface area (Å²) in [6.07, 6.45) is 0.769. The molecule has 0 bridgehead atoms. The summed E-state index contributed by atoms with van der Waals surface area (Å²) in [6, 6.07) is 28.9. The van der Waals surface area contributed by atoms with Crippen molar-refractivity contribution in [3.63, 3.8) is 0 Å². The first-order valence-electron chi connectivity index (χ1n) is 18.5. The first-order valence-corrected chi connectivity index (χ1v) is 20.8. The average molecular weight is 812 g/mol. The topological polar surface area (TPSA) is 90.0 Å². The first-order chi connectivity index (χ1) is 27.1. The Morgan fingerprint density at radius 1 is 0.772 bits per heavy atom. The maximum atomic E-state index is 15.8. The van der Waals surface area contributed by atoms with E-state index in [2.05, 4.69) is 25.5 Å². The van der Waals surface area contributed by atoms with Crippen LogP contribution < -0.4 is 23.8 Å². The largest absolute Gasteiger partial charge is 0.497 e. The summed E-state index contributed by atoms with van der Waals surface area (Å²) in [5.41, 5.74) is 5.52. The van der Waals surface area contributed by atoms with E-state index in [0.717, 1.165) is 51.6 Å². The van der Waals surface area contributed by atoms with Gasteiger partial charge in [0.05, 0.1) is 42.0 Å². The summed E-state index contributed by atoms with van der Waals surface area (Å²) in [5.74, 6) is 0.647. The second-order valence-corrected chi connectivity index (χ2v) is 17.8. The lowest BCUT2D eigenvalue weighted by molar-refractivity contribution is 0.242. The summed E-state index contributed by atoms with van der Waals surface area (Å²) in [4.78, 5) is 7.01. The number of hydrogen-bond acceptors (Lipinski definition) is 8. The van der Waals surface area contributed by atoms with Gasteiger partial charge in [0.15, 0.2) is 5.13 Å². The number of rotatable bonds is 15. The zero-order valence-electron chi connectivity index (χ0n) is 33.2. The highest BCUT2D eigenvalue weighted by Crippen LogP contribution is 2.43. The predicted octanol–water partition coefficient (Wildman–Crippen LogP) is 11.2. The van der Waals surface area contributed by atoms with Gasteiger partial charge < -0.3 is 19.1 Å². The van der Waals surface area contributed by atoms with Crippen LogP contribution in [0.15, 0.2) is 108 Å². The van der Waals surface area contributed by atoms with Gasteiger partial charge in [0.25, 0.3) is 10.0 Å². The van der Waals surface area contributed by atoms with Crippen molar-refractivity contribution in [2.75, 3.05) is 30.4 Å². The number of aromatic nitrogens is 1. The highest BCUT2D eigenvalue weighted by atomic mass is 32.2. The van der Waals surface area contributed by atoms with E-state index in [9.17, 15) is 8.42 Å². The summed E-state index contributed by atoms with van der Waals surface area (Å²) >= 11 is 1.09. The second-order valence-electron chi connectivity index (χ2n) is 15.1. The van der Waals surface area contributed by atoms with Crippen LogP contribution in [0.2, 0.25) is 0 Å². The fourth-order valence-electron chi connectivity index (χ4n) is 6.37. The van der Waals surface area contributed by atoms with Crippen LogP contribution in [0, 0.1) is 30.9 Å². The first kappa shape index (κ1) is 41.2. The molecule has 1 heterocycles. The molecule has 0 spiro atoms. The van der Waals surface area contributed by atoms with Crippen LogP contribution in [-0.4, -0.2) is 34.2 Å². The van der Waals surface area contributed by atoms with Crippen LogP contribution in [0.25, 0.3) is 21.7 Å². The number of nitrogens with zero attached hydrogens (tertiary/aromatic N) is 2. The number of anilines is 2. The van der Waals surface area contributed by atoms with E-state index in [1.165, 1.54) is 24.3 Å². The van der Waals surface area contributed by atoms with Gasteiger partial charge in [-0.2, -0.15) is 0 Å². The van der Waals surface area contributed by atoms with Crippen molar-refractivity contribution in [3.8, 4) is 38.9 Å². The van der Waals surface area contributed by atoms with Gasteiger partial charge in [-0.05, 0) is 103 Å². The normalized spacial score (nSPS) is 11.7. The van der Waals surface area contributed by atoms with E-state index in [4.69, 9.17) is 19.2 Å². The zero-order chi connectivity index (χ0) is 40.9. The minimum atomic E-state index is -4.31. The van der Waals surface area contributed by atoms with Crippen molar-refractivity contribution in [2.24, 2.45) is 5.41 Å². The van der Waals surface area contributed by atoms with Gasteiger partial charge in [-0.3, -0.25) is 4.72 Å². The Kier molecular flexibility index (Phi) is 12.5. The number of methoxy groups -OCH3 is 2. The summed E-state index contributed by atoms with van der Waals surface area (Å²) in [6.45, 7) is 11.2. The molecular weight excluding hydrogens is 765 g/mol. The van der Waals surface area contributed by atoms with Gasteiger partial charge in [-0.25, -0.2) is 22.2 Å². The predicted molar refractivity (Wildman–Crippen MR) is 225 cm³/mol. The molecule has 6 rings (SSSR count). The van der Waals surface area contributed by atoms with Crippen LogP contribution in [0.3, 0.4) is 0 Å². The molecule has 57 heavy (non-hydrogen) atoms. The Bertz CT molecular complexity index is 2380. The van der Waals surface area contributed by atoms with Gasteiger partial charge in [-0.15, -0.1) is 0 Å². The van der Waals surface area contributed by atoms with Gasteiger partial charge in [0.2, 0.25) is 0 Å². The number of nitrogens with one attached hydrogen (secondary N) is 1. The van der Waals surface area contributed by atoms with Crippen molar-refractivity contribution in [2.45, 2.75) is 59.0 Å². The van der Waals surface area contributed by atoms with E-state index < -0.39 is 21.7 Å². The van der Waals surface area contributed by atoms with Crippen LogP contribution in [0.4, 0.5) is 19.6 Å². The molecule has 1 aromatic heterocycles. The Morgan fingerprint density at radius 3 is 1.93 bits per heavy atom. The maximum absolute atomic E-state index is 15.8. The van der Waals surface area contributed by atoms with E-state index in [1.807, 2.05) is 80.6 Å². The third-order valence-electron chi connectivity index (χ3n) is 9.45.